The van der Waals surface area contributed by atoms with Gasteiger partial charge in [0.25, 0.3) is 0 Å². The summed E-state index contributed by atoms with van der Waals surface area (Å²) in [6, 6.07) is 1.81. The predicted octanol–water partition coefficient (Wildman–Crippen LogP) is 0.649. The second-order valence-corrected chi connectivity index (χ2v) is 4.06. The standard InChI is InChI=1S/C10H16N4O/c1-10(3-4-11-6-10)14-8-5-9(15-2)13-7-12-8/h5,7,11H,3-4,6H2,1-2H3,(H,12,13,14). The van der Waals surface area contributed by atoms with Crippen LogP contribution in [-0.4, -0.2) is 35.7 Å². The molecule has 0 radical (unpaired) electrons. The maximum Gasteiger partial charge on any atom is 0.218 e. The molecule has 1 aliphatic rings. The molecule has 0 amide bonds. The van der Waals surface area contributed by atoms with Crippen molar-refractivity contribution in [1.29, 1.82) is 0 Å². The van der Waals surface area contributed by atoms with Gasteiger partial charge in [-0.2, -0.15) is 0 Å². The largest absolute Gasteiger partial charge is 0.481 e. The van der Waals surface area contributed by atoms with E-state index >= 15 is 0 Å². The van der Waals surface area contributed by atoms with Gasteiger partial charge in [-0.1, -0.05) is 0 Å². The van der Waals surface area contributed by atoms with Gasteiger partial charge >= 0.3 is 0 Å². The van der Waals surface area contributed by atoms with Gasteiger partial charge in [0.1, 0.15) is 12.1 Å². The van der Waals surface area contributed by atoms with E-state index in [4.69, 9.17) is 4.74 Å². The second-order valence-electron chi connectivity index (χ2n) is 4.06. The van der Waals surface area contributed by atoms with Crippen LogP contribution in [0.3, 0.4) is 0 Å². The number of nitrogens with one attached hydrogen (secondary N) is 2. The highest BCUT2D eigenvalue weighted by atomic mass is 16.5. The Morgan fingerprint density at radius 3 is 3.07 bits per heavy atom. The van der Waals surface area contributed by atoms with E-state index in [1.807, 2.05) is 6.07 Å². The van der Waals surface area contributed by atoms with Crippen LogP contribution >= 0.6 is 0 Å². The van der Waals surface area contributed by atoms with Crippen molar-refractivity contribution in [2.75, 3.05) is 25.5 Å². The van der Waals surface area contributed by atoms with E-state index in [1.54, 1.807) is 7.11 Å². The van der Waals surface area contributed by atoms with E-state index in [0.717, 1.165) is 25.3 Å². The highest BCUT2D eigenvalue weighted by molar-refractivity contribution is 5.40. The van der Waals surface area contributed by atoms with E-state index in [1.165, 1.54) is 6.33 Å². The maximum absolute atomic E-state index is 5.05. The first kappa shape index (κ1) is 10.2. The third-order valence-corrected chi connectivity index (χ3v) is 2.65. The molecule has 0 spiro atoms. The van der Waals surface area contributed by atoms with Crippen molar-refractivity contribution in [3.8, 4) is 5.88 Å². The first-order valence-electron chi connectivity index (χ1n) is 5.07. The zero-order chi connectivity index (χ0) is 10.7. The highest BCUT2D eigenvalue weighted by Crippen LogP contribution is 2.20. The molecule has 1 atom stereocenters. The van der Waals surface area contributed by atoms with Crippen molar-refractivity contribution >= 4 is 5.82 Å². The van der Waals surface area contributed by atoms with Gasteiger partial charge in [0, 0.05) is 18.2 Å². The van der Waals surface area contributed by atoms with Crippen molar-refractivity contribution in [1.82, 2.24) is 15.3 Å². The normalized spacial score (nSPS) is 25.2. The summed E-state index contributed by atoms with van der Waals surface area (Å²) in [4.78, 5) is 8.13. The molecule has 0 saturated carbocycles. The summed E-state index contributed by atoms with van der Waals surface area (Å²) in [6.45, 7) is 4.19. The Bertz CT molecular complexity index is 336. The summed E-state index contributed by atoms with van der Waals surface area (Å²) in [7, 11) is 1.60. The lowest BCUT2D eigenvalue weighted by Gasteiger charge is -2.24. The predicted molar refractivity (Wildman–Crippen MR) is 58.1 cm³/mol. The highest BCUT2D eigenvalue weighted by Gasteiger charge is 2.28. The quantitative estimate of drug-likeness (QED) is 0.763. The molecule has 5 heteroatoms. The molecule has 82 valence electrons. The van der Waals surface area contributed by atoms with E-state index in [0.29, 0.717) is 5.88 Å². The fourth-order valence-corrected chi connectivity index (χ4v) is 1.75. The average molecular weight is 208 g/mol. The number of methoxy groups -OCH3 is 1. The minimum Gasteiger partial charge on any atom is -0.481 e. The number of nitrogens with zero attached hydrogens (tertiary/aromatic N) is 2. The topological polar surface area (TPSA) is 59.1 Å². The lowest BCUT2D eigenvalue weighted by molar-refractivity contribution is 0.397. The van der Waals surface area contributed by atoms with Gasteiger partial charge in [-0.25, -0.2) is 9.97 Å². The number of anilines is 1. The van der Waals surface area contributed by atoms with Crippen molar-refractivity contribution in [2.45, 2.75) is 18.9 Å². The number of hydrogen-bond acceptors (Lipinski definition) is 5. The molecular formula is C10H16N4O. The van der Waals surface area contributed by atoms with Gasteiger partial charge in [0.15, 0.2) is 0 Å². The van der Waals surface area contributed by atoms with Crippen LogP contribution in [0.4, 0.5) is 5.82 Å². The van der Waals surface area contributed by atoms with Crippen molar-refractivity contribution in [3.05, 3.63) is 12.4 Å². The minimum absolute atomic E-state index is 0.0827. The summed E-state index contributed by atoms with van der Waals surface area (Å²) >= 11 is 0. The Hall–Kier alpha value is -1.36. The summed E-state index contributed by atoms with van der Waals surface area (Å²) in [5, 5.41) is 6.72. The Kier molecular flexibility index (Phi) is 2.73. The molecule has 1 saturated heterocycles. The van der Waals surface area contributed by atoms with Gasteiger partial charge < -0.3 is 15.4 Å². The Morgan fingerprint density at radius 1 is 1.53 bits per heavy atom. The van der Waals surface area contributed by atoms with Crippen LogP contribution in [-0.2, 0) is 0 Å². The molecule has 5 nitrogen and oxygen atoms in total. The van der Waals surface area contributed by atoms with Crippen LogP contribution in [0.1, 0.15) is 13.3 Å². The second kappa shape index (κ2) is 4.02. The molecule has 1 aromatic heterocycles. The third-order valence-electron chi connectivity index (χ3n) is 2.65. The van der Waals surface area contributed by atoms with Gasteiger partial charge in [0.05, 0.1) is 7.11 Å². The fraction of sp³-hybridized carbons (Fsp3) is 0.600. The molecule has 2 heterocycles. The molecule has 0 bridgehead atoms. The molecule has 0 aromatic carbocycles. The first-order valence-corrected chi connectivity index (χ1v) is 5.07. The van der Waals surface area contributed by atoms with Crippen molar-refractivity contribution in [3.63, 3.8) is 0 Å². The fourth-order valence-electron chi connectivity index (χ4n) is 1.75. The molecule has 1 unspecified atom stereocenters. The number of aromatic nitrogens is 2. The van der Waals surface area contributed by atoms with Gasteiger partial charge in [-0.05, 0) is 19.9 Å². The van der Waals surface area contributed by atoms with Crippen molar-refractivity contribution in [2.24, 2.45) is 0 Å². The van der Waals surface area contributed by atoms with Crippen LogP contribution in [0.15, 0.2) is 12.4 Å². The van der Waals surface area contributed by atoms with Gasteiger partial charge in [-0.15, -0.1) is 0 Å². The van der Waals surface area contributed by atoms with E-state index in [-0.39, 0.29) is 5.54 Å². The van der Waals surface area contributed by atoms with E-state index < -0.39 is 0 Å². The molecule has 1 fully saturated rings. The minimum atomic E-state index is 0.0827. The first-order chi connectivity index (χ1) is 7.22. The lowest BCUT2D eigenvalue weighted by Crippen LogP contribution is -2.37. The van der Waals surface area contributed by atoms with E-state index in [2.05, 4.69) is 27.5 Å². The van der Waals surface area contributed by atoms with Crippen LogP contribution < -0.4 is 15.4 Å². The maximum atomic E-state index is 5.05. The number of rotatable bonds is 3. The zero-order valence-corrected chi connectivity index (χ0v) is 9.08. The average Bonchev–Trinajstić information content (AvgIpc) is 2.65. The van der Waals surface area contributed by atoms with Gasteiger partial charge in [-0.3, -0.25) is 0 Å². The molecule has 15 heavy (non-hydrogen) atoms. The van der Waals surface area contributed by atoms with Crippen LogP contribution in [0.5, 0.6) is 5.88 Å². The third kappa shape index (κ3) is 2.36. The summed E-state index contributed by atoms with van der Waals surface area (Å²) in [5.41, 5.74) is 0.0827. The molecule has 1 aromatic rings. The Balaban J connectivity index is 2.09. The van der Waals surface area contributed by atoms with Crippen LogP contribution in [0.2, 0.25) is 0 Å². The smallest absolute Gasteiger partial charge is 0.218 e. The van der Waals surface area contributed by atoms with Crippen LogP contribution in [0, 0.1) is 0 Å². The molecule has 1 aliphatic heterocycles. The number of ether oxygens (including phenoxy) is 1. The lowest BCUT2D eigenvalue weighted by atomic mass is 10.0. The van der Waals surface area contributed by atoms with Crippen molar-refractivity contribution < 1.29 is 4.74 Å². The van der Waals surface area contributed by atoms with Crippen LogP contribution in [0.25, 0.3) is 0 Å². The van der Waals surface area contributed by atoms with Gasteiger partial charge in [0.2, 0.25) is 5.88 Å². The Morgan fingerprint density at radius 2 is 2.40 bits per heavy atom. The SMILES string of the molecule is COc1cc(NC2(C)CCNC2)ncn1. The summed E-state index contributed by atoms with van der Waals surface area (Å²) in [6.07, 6.45) is 2.60. The monoisotopic (exact) mass is 208 g/mol. The summed E-state index contributed by atoms with van der Waals surface area (Å²) in [5.74, 6) is 1.40. The molecule has 0 aliphatic carbocycles. The molecule has 2 N–H and O–H groups in total. The Labute approximate surface area is 89.3 Å². The zero-order valence-electron chi connectivity index (χ0n) is 9.08. The molecular weight excluding hydrogens is 192 g/mol. The summed E-state index contributed by atoms with van der Waals surface area (Å²) < 4.78 is 5.05. The molecule has 2 rings (SSSR count). The number of hydrogen-bond donors (Lipinski definition) is 2. The van der Waals surface area contributed by atoms with E-state index in [9.17, 15) is 0 Å².